The van der Waals surface area contributed by atoms with Crippen LogP contribution in [0.1, 0.15) is 0 Å². The smallest absolute Gasteiger partial charge is 0.264 e. The fraction of sp³-hybridized carbons (Fsp3) is 0.143. The minimum Gasteiger partial charge on any atom is -0.368 e. The summed E-state index contributed by atoms with van der Waals surface area (Å²) in [5.41, 5.74) is 4.45. The topological polar surface area (TPSA) is 65.1 Å². The molecular formula is C7H6FIN2O2. The molecule has 2 N–H and O–H groups in total. The zero-order chi connectivity index (χ0) is 10.0. The molecule has 1 aromatic rings. The van der Waals surface area contributed by atoms with Gasteiger partial charge in [0.15, 0.2) is 0 Å². The fourth-order valence-electron chi connectivity index (χ4n) is 0.850. The van der Waals surface area contributed by atoms with Gasteiger partial charge in [0.05, 0.1) is 3.57 Å². The average Bonchev–Trinajstić information content (AvgIpc) is 1.98. The highest BCUT2D eigenvalue weighted by Crippen LogP contribution is 2.00. The number of nitrogens with two attached hydrogens (primary N) is 1. The Morgan fingerprint density at radius 1 is 1.69 bits per heavy atom. The van der Waals surface area contributed by atoms with E-state index in [9.17, 15) is 14.0 Å². The minimum absolute atomic E-state index is 0.221. The Morgan fingerprint density at radius 3 is 2.85 bits per heavy atom. The molecule has 0 bridgehead atoms. The van der Waals surface area contributed by atoms with Crippen molar-refractivity contribution >= 4 is 28.5 Å². The van der Waals surface area contributed by atoms with Crippen molar-refractivity contribution in [3.63, 3.8) is 0 Å². The van der Waals surface area contributed by atoms with Crippen molar-refractivity contribution in [2.75, 3.05) is 0 Å². The van der Waals surface area contributed by atoms with Crippen molar-refractivity contribution in [3.05, 3.63) is 32.0 Å². The van der Waals surface area contributed by atoms with Gasteiger partial charge in [0.25, 0.3) is 5.56 Å². The Labute approximate surface area is 86.7 Å². The van der Waals surface area contributed by atoms with Crippen LogP contribution >= 0.6 is 22.6 Å². The molecule has 0 radical (unpaired) electrons. The molecule has 0 aliphatic heterocycles. The van der Waals surface area contributed by atoms with Gasteiger partial charge in [-0.3, -0.25) is 9.59 Å². The summed E-state index contributed by atoms with van der Waals surface area (Å²) in [7, 11) is 0. The van der Waals surface area contributed by atoms with Crippen molar-refractivity contribution in [1.29, 1.82) is 0 Å². The molecule has 1 amide bonds. The Bertz CT molecular complexity index is 402. The molecule has 1 aromatic heterocycles. The number of halogens is 2. The standard InChI is InChI=1S/C7H6FIN2O2/c8-4-1-5(9)7(13)11(2-4)3-6(10)12/h1-2H,3H2,(H2,10,12). The highest BCUT2D eigenvalue weighted by Gasteiger charge is 2.05. The van der Waals surface area contributed by atoms with Gasteiger partial charge in [-0.05, 0) is 28.7 Å². The first kappa shape index (κ1) is 10.2. The van der Waals surface area contributed by atoms with Crippen molar-refractivity contribution in [3.8, 4) is 0 Å². The van der Waals surface area contributed by atoms with E-state index in [-0.39, 0.29) is 10.1 Å². The first-order valence-electron chi connectivity index (χ1n) is 3.34. The highest BCUT2D eigenvalue weighted by molar-refractivity contribution is 14.1. The van der Waals surface area contributed by atoms with Crippen LogP contribution in [0.25, 0.3) is 0 Å². The normalized spacial score (nSPS) is 10.0. The van der Waals surface area contributed by atoms with Crippen LogP contribution in [0.15, 0.2) is 17.1 Å². The number of rotatable bonds is 2. The van der Waals surface area contributed by atoms with E-state index in [0.717, 1.165) is 16.8 Å². The van der Waals surface area contributed by atoms with E-state index in [0.29, 0.717) is 0 Å². The van der Waals surface area contributed by atoms with E-state index < -0.39 is 17.3 Å². The minimum atomic E-state index is -0.677. The maximum Gasteiger partial charge on any atom is 0.264 e. The van der Waals surface area contributed by atoms with Gasteiger partial charge in [-0.2, -0.15) is 0 Å². The van der Waals surface area contributed by atoms with Gasteiger partial charge in [0.2, 0.25) is 5.91 Å². The van der Waals surface area contributed by atoms with E-state index in [1.165, 1.54) is 0 Å². The second-order valence-electron chi connectivity index (χ2n) is 2.41. The largest absolute Gasteiger partial charge is 0.368 e. The number of nitrogens with zero attached hydrogens (tertiary/aromatic N) is 1. The van der Waals surface area contributed by atoms with E-state index in [1.54, 1.807) is 22.6 Å². The molecule has 0 saturated heterocycles. The summed E-state index contributed by atoms with van der Waals surface area (Å²) in [6, 6.07) is 1.10. The summed E-state index contributed by atoms with van der Waals surface area (Å²) in [6.07, 6.45) is 0.954. The zero-order valence-electron chi connectivity index (χ0n) is 6.46. The van der Waals surface area contributed by atoms with Crippen molar-refractivity contribution in [2.24, 2.45) is 5.73 Å². The number of amides is 1. The summed E-state index contributed by atoms with van der Waals surface area (Å²) in [4.78, 5) is 21.7. The molecule has 13 heavy (non-hydrogen) atoms. The Hall–Kier alpha value is -0.920. The van der Waals surface area contributed by atoms with E-state index in [1.807, 2.05) is 0 Å². The van der Waals surface area contributed by atoms with Gasteiger partial charge in [0, 0.05) is 6.20 Å². The maximum atomic E-state index is 12.7. The van der Waals surface area contributed by atoms with Gasteiger partial charge >= 0.3 is 0 Å². The number of aromatic nitrogens is 1. The molecule has 6 heteroatoms. The molecule has 0 unspecified atom stereocenters. The summed E-state index contributed by atoms with van der Waals surface area (Å²) >= 11 is 1.70. The molecule has 0 atom stereocenters. The molecule has 4 nitrogen and oxygen atoms in total. The first-order chi connectivity index (χ1) is 6.00. The van der Waals surface area contributed by atoms with E-state index in [2.05, 4.69) is 0 Å². The number of hydrogen-bond acceptors (Lipinski definition) is 2. The highest BCUT2D eigenvalue weighted by atomic mass is 127. The third kappa shape index (κ3) is 2.51. The lowest BCUT2D eigenvalue weighted by Gasteiger charge is -2.02. The number of primary amides is 1. The number of hydrogen-bond donors (Lipinski definition) is 1. The third-order valence-corrected chi connectivity index (χ3v) is 2.11. The van der Waals surface area contributed by atoms with Crippen LogP contribution in [0, 0.1) is 9.39 Å². The van der Waals surface area contributed by atoms with Gasteiger partial charge in [-0.15, -0.1) is 0 Å². The lowest BCUT2D eigenvalue weighted by atomic mass is 10.4. The molecule has 70 valence electrons. The van der Waals surface area contributed by atoms with Crippen LogP contribution in [0.3, 0.4) is 0 Å². The summed E-state index contributed by atoms with van der Waals surface area (Å²) in [6.45, 7) is -0.299. The molecule has 0 fully saturated rings. The Balaban J connectivity index is 3.21. The van der Waals surface area contributed by atoms with Crippen molar-refractivity contribution < 1.29 is 9.18 Å². The average molecular weight is 296 g/mol. The third-order valence-electron chi connectivity index (χ3n) is 1.34. The van der Waals surface area contributed by atoms with Crippen molar-refractivity contribution in [1.82, 2.24) is 4.57 Å². The van der Waals surface area contributed by atoms with Crippen LogP contribution in [-0.2, 0) is 11.3 Å². The van der Waals surface area contributed by atoms with Crippen LogP contribution in [0.2, 0.25) is 0 Å². The molecule has 0 spiro atoms. The molecule has 0 aliphatic rings. The van der Waals surface area contributed by atoms with Crippen LogP contribution < -0.4 is 11.3 Å². The van der Waals surface area contributed by atoms with Gasteiger partial charge < -0.3 is 10.3 Å². The van der Waals surface area contributed by atoms with E-state index in [4.69, 9.17) is 5.73 Å². The van der Waals surface area contributed by atoms with Gasteiger partial charge in [-0.1, -0.05) is 0 Å². The second-order valence-corrected chi connectivity index (χ2v) is 3.57. The predicted octanol–water partition coefficient (Wildman–Crippen LogP) is 0.0773. The van der Waals surface area contributed by atoms with Crippen LogP contribution in [0.5, 0.6) is 0 Å². The number of carbonyl (C=O) groups is 1. The molecule has 0 saturated carbocycles. The lowest BCUT2D eigenvalue weighted by Crippen LogP contribution is -2.29. The van der Waals surface area contributed by atoms with Gasteiger partial charge in [0.1, 0.15) is 12.4 Å². The second kappa shape index (κ2) is 3.86. The maximum absolute atomic E-state index is 12.7. The molecular weight excluding hydrogens is 290 g/mol. The predicted molar refractivity (Wildman–Crippen MR) is 52.6 cm³/mol. The van der Waals surface area contributed by atoms with Crippen molar-refractivity contribution in [2.45, 2.75) is 6.54 Å². The Morgan fingerprint density at radius 2 is 2.31 bits per heavy atom. The Kier molecular flexibility index (Phi) is 3.02. The number of pyridine rings is 1. The fourth-order valence-corrected chi connectivity index (χ4v) is 1.46. The first-order valence-corrected chi connectivity index (χ1v) is 4.42. The van der Waals surface area contributed by atoms with Crippen LogP contribution in [-0.4, -0.2) is 10.5 Å². The monoisotopic (exact) mass is 296 g/mol. The van der Waals surface area contributed by atoms with Gasteiger partial charge in [-0.25, -0.2) is 4.39 Å². The number of carbonyl (C=O) groups excluding carboxylic acids is 1. The zero-order valence-corrected chi connectivity index (χ0v) is 8.62. The molecule has 1 heterocycles. The lowest BCUT2D eigenvalue weighted by molar-refractivity contribution is -0.118. The van der Waals surface area contributed by atoms with E-state index >= 15 is 0 Å². The summed E-state index contributed by atoms with van der Waals surface area (Å²) in [5.74, 6) is -1.24. The summed E-state index contributed by atoms with van der Waals surface area (Å²) < 4.78 is 13.9. The summed E-state index contributed by atoms with van der Waals surface area (Å²) in [5, 5.41) is 0. The molecule has 0 aromatic carbocycles. The SMILES string of the molecule is NC(=O)Cn1cc(F)cc(I)c1=O. The van der Waals surface area contributed by atoms with Crippen LogP contribution in [0.4, 0.5) is 4.39 Å². The quantitative estimate of drug-likeness (QED) is 0.785. The molecule has 0 aliphatic carbocycles. The molecule has 1 rings (SSSR count).